The third-order valence-electron chi connectivity index (χ3n) is 1.59. The number of nitrogens with zero attached hydrogens (tertiary/aromatic N) is 2. The monoisotopic (exact) mass is 139 g/mol. The molecule has 0 N–H and O–H groups in total. The van der Waals surface area contributed by atoms with Gasteiger partial charge in [0.2, 0.25) is 11.4 Å². The molecule has 0 aliphatic carbocycles. The predicted octanol–water partition coefficient (Wildman–Crippen LogP) is 0.640. The van der Waals surface area contributed by atoms with Crippen molar-refractivity contribution in [2.24, 2.45) is 0 Å². The number of hydrogen-bond donors (Lipinski definition) is 0. The summed E-state index contributed by atoms with van der Waals surface area (Å²) >= 11 is 0. The molecule has 1 heterocycles. The molecule has 0 amide bonds. The van der Waals surface area contributed by atoms with E-state index in [4.69, 9.17) is 0 Å². The van der Waals surface area contributed by atoms with E-state index in [1.54, 1.807) is 20.0 Å². The first-order valence-electron chi connectivity index (χ1n) is 3.15. The van der Waals surface area contributed by atoms with Crippen LogP contribution < -0.4 is 4.73 Å². The molecule has 0 atom stereocenters. The van der Waals surface area contributed by atoms with E-state index in [9.17, 15) is 5.21 Å². The van der Waals surface area contributed by atoms with Crippen LogP contribution in [0.5, 0.6) is 0 Å². The van der Waals surface area contributed by atoms with Crippen molar-refractivity contribution in [3.63, 3.8) is 0 Å². The zero-order valence-electron chi connectivity index (χ0n) is 6.38. The summed E-state index contributed by atoms with van der Waals surface area (Å²) < 4.78 is 0.891. The SMILES string of the molecule is Cc1[15n]cc(C)[n+]([O-])c1C. The molecule has 0 aromatic carbocycles. The fourth-order valence-corrected chi connectivity index (χ4v) is 0.748. The summed E-state index contributed by atoms with van der Waals surface area (Å²) in [6.07, 6.45) is 1.58. The van der Waals surface area contributed by atoms with Gasteiger partial charge in [-0.05, 0) is 6.92 Å². The summed E-state index contributed by atoms with van der Waals surface area (Å²) in [7, 11) is 0. The van der Waals surface area contributed by atoms with Gasteiger partial charge in [-0.25, -0.2) is 4.98 Å². The molecule has 0 aliphatic heterocycles. The normalized spacial score (nSPS) is 9.90. The second kappa shape index (κ2) is 2.25. The van der Waals surface area contributed by atoms with E-state index < -0.39 is 0 Å². The van der Waals surface area contributed by atoms with Gasteiger partial charge in [0, 0.05) is 13.8 Å². The number of rotatable bonds is 0. The second-order valence-corrected chi connectivity index (χ2v) is 2.36. The van der Waals surface area contributed by atoms with Gasteiger partial charge in [-0.1, -0.05) is 0 Å². The molecule has 0 unspecified atom stereocenters. The molecular formula is C7H10N2O. The molecule has 3 heteroatoms. The van der Waals surface area contributed by atoms with Crippen LogP contribution in [0, 0.1) is 26.0 Å². The Morgan fingerprint density at radius 2 is 2.00 bits per heavy atom. The van der Waals surface area contributed by atoms with Gasteiger partial charge in [-0.3, -0.25) is 0 Å². The average molecular weight is 139 g/mol. The van der Waals surface area contributed by atoms with E-state index >= 15 is 0 Å². The minimum Gasteiger partial charge on any atom is -0.618 e. The number of aryl methyl sites for hydroxylation is 2. The Labute approximate surface area is 59.9 Å². The van der Waals surface area contributed by atoms with E-state index in [0.29, 0.717) is 11.4 Å². The first kappa shape index (κ1) is 6.99. The summed E-state index contributed by atoms with van der Waals surface area (Å²) in [6, 6.07) is 0. The van der Waals surface area contributed by atoms with Gasteiger partial charge < -0.3 is 5.21 Å². The Morgan fingerprint density at radius 1 is 1.40 bits per heavy atom. The highest BCUT2D eigenvalue weighted by atomic mass is 16.5. The smallest absolute Gasteiger partial charge is 0.211 e. The van der Waals surface area contributed by atoms with Gasteiger partial charge in [0.05, 0.1) is 6.20 Å². The average Bonchev–Trinajstić information content (AvgIpc) is 1.93. The minimum absolute atomic E-state index is 0.642. The van der Waals surface area contributed by atoms with Gasteiger partial charge in [-0.2, -0.15) is 4.73 Å². The van der Waals surface area contributed by atoms with Crippen LogP contribution in [0.25, 0.3) is 0 Å². The Balaban J connectivity index is 3.34. The van der Waals surface area contributed by atoms with Crippen LogP contribution in [0.15, 0.2) is 6.20 Å². The summed E-state index contributed by atoms with van der Waals surface area (Å²) in [4.78, 5) is 4.02. The largest absolute Gasteiger partial charge is 0.618 e. The van der Waals surface area contributed by atoms with Crippen molar-refractivity contribution in [3.8, 4) is 0 Å². The molecule has 1 aromatic rings. The summed E-state index contributed by atoms with van der Waals surface area (Å²) in [5.74, 6) is 0. The predicted molar refractivity (Wildman–Crippen MR) is 37.4 cm³/mol. The Bertz CT molecular complexity index is 231. The molecule has 54 valence electrons. The molecule has 1 rings (SSSR count). The highest BCUT2D eigenvalue weighted by Gasteiger charge is 2.05. The summed E-state index contributed by atoms with van der Waals surface area (Å²) in [5.41, 5.74) is 2.11. The fraction of sp³-hybridized carbons (Fsp3) is 0.429. The number of aromatic nitrogens is 2. The number of hydrogen-bond acceptors (Lipinski definition) is 2. The first-order chi connectivity index (χ1) is 4.63. The molecule has 0 fully saturated rings. The van der Waals surface area contributed by atoms with E-state index in [0.717, 1.165) is 10.4 Å². The first-order valence-corrected chi connectivity index (χ1v) is 3.15. The maximum atomic E-state index is 11.1. The van der Waals surface area contributed by atoms with Crippen LogP contribution in [0.3, 0.4) is 0 Å². The lowest BCUT2D eigenvalue weighted by Gasteiger charge is -2.03. The zero-order valence-corrected chi connectivity index (χ0v) is 6.38. The molecule has 0 radical (unpaired) electrons. The molecule has 10 heavy (non-hydrogen) atoms. The fourth-order valence-electron chi connectivity index (χ4n) is 0.748. The van der Waals surface area contributed by atoms with Crippen molar-refractivity contribution in [2.75, 3.05) is 0 Å². The van der Waals surface area contributed by atoms with Gasteiger partial charge >= 0.3 is 0 Å². The van der Waals surface area contributed by atoms with Crippen molar-refractivity contribution in [1.29, 1.82) is 0 Å². The molecule has 0 spiro atoms. The standard InChI is InChI=1S/C7H10N2O/c1-5-4-8-6(2)7(3)9(5)10/h4H,1-3H3/i8+1. The molecular weight excluding hydrogens is 129 g/mol. The van der Waals surface area contributed by atoms with Crippen molar-refractivity contribution < 1.29 is 4.73 Å². The zero-order chi connectivity index (χ0) is 7.72. The lowest BCUT2D eigenvalue weighted by atomic mass is 10.3. The Kier molecular flexibility index (Phi) is 1.57. The summed E-state index contributed by atoms with van der Waals surface area (Å²) in [5, 5.41) is 11.1. The van der Waals surface area contributed by atoms with Crippen molar-refractivity contribution in [3.05, 3.63) is 28.5 Å². The molecule has 1 aromatic heterocycles. The van der Waals surface area contributed by atoms with Crippen molar-refractivity contribution in [1.82, 2.24) is 4.98 Å². The molecule has 0 saturated heterocycles. The molecule has 0 bridgehead atoms. The van der Waals surface area contributed by atoms with Gasteiger partial charge in [0.1, 0.15) is 5.69 Å². The lowest BCUT2D eigenvalue weighted by Crippen LogP contribution is -2.34. The lowest BCUT2D eigenvalue weighted by molar-refractivity contribution is -0.620. The maximum Gasteiger partial charge on any atom is 0.211 e. The minimum atomic E-state index is 0.642. The van der Waals surface area contributed by atoms with Crippen molar-refractivity contribution in [2.45, 2.75) is 20.8 Å². The maximum absolute atomic E-state index is 11.1. The van der Waals surface area contributed by atoms with Crippen LogP contribution in [0.2, 0.25) is 0 Å². The van der Waals surface area contributed by atoms with Crippen LogP contribution in [-0.4, -0.2) is 4.98 Å². The van der Waals surface area contributed by atoms with Crippen LogP contribution in [0.4, 0.5) is 0 Å². The van der Waals surface area contributed by atoms with Crippen LogP contribution >= 0.6 is 0 Å². The quantitative estimate of drug-likeness (QED) is 0.391. The molecule has 0 saturated carbocycles. The van der Waals surface area contributed by atoms with E-state index in [2.05, 4.69) is 4.98 Å². The van der Waals surface area contributed by atoms with Gasteiger partial charge in [-0.15, -0.1) is 0 Å². The second-order valence-electron chi connectivity index (χ2n) is 2.36. The van der Waals surface area contributed by atoms with Gasteiger partial charge in [0.25, 0.3) is 0 Å². The van der Waals surface area contributed by atoms with E-state index in [-0.39, 0.29) is 0 Å². The highest BCUT2D eigenvalue weighted by molar-refractivity contribution is 5.02. The Morgan fingerprint density at radius 3 is 2.50 bits per heavy atom. The van der Waals surface area contributed by atoms with Gasteiger partial charge in [0.15, 0.2) is 0 Å². The Hall–Kier alpha value is -1.12. The third kappa shape index (κ3) is 0.943. The highest BCUT2D eigenvalue weighted by Crippen LogP contribution is 1.96. The van der Waals surface area contributed by atoms with Crippen LogP contribution in [-0.2, 0) is 0 Å². The van der Waals surface area contributed by atoms with Crippen molar-refractivity contribution >= 4 is 0 Å². The molecule has 0 aliphatic rings. The van der Waals surface area contributed by atoms with E-state index in [1.165, 1.54) is 0 Å². The molecule has 3 nitrogen and oxygen atoms in total. The van der Waals surface area contributed by atoms with E-state index in [1.807, 2.05) is 6.92 Å². The summed E-state index contributed by atoms with van der Waals surface area (Å²) in [6.45, 7) is 5.33. The third-order valence-corrected chi connectivity index (χ3v) is 1.59. The van der Waals surface area contributed by atoms with Crippen LogP contribution in [0.1, 0.15) is 17.1 Å². The topological polar surface area (TPSA) is 39.8 Å².